The van der Waals surface area contributed by atoms with Gasteiger partial charge in [-0.1, -0.05) is 42.5 Å². The minimum absolute atomic E-state index is 0.349. The Labute approximate surface area is 129 Å². The molecule has 1 fully saturated rings. The predicted molar refractivity (Wildman–Crippen MR) is 77.4 cm³/mol. The van der Waals surface area contributed by atoms with E-state index in [1.807, 2.05) is 30.3 Å². The van der Waals surface area contributed by atoms with Gasteiger partial charge < -0.3 is 4.74 Å². The summed E-state index contributed by atoms with van der Waals surface area (Å²) in [6, 6.07) is 14.1. The van der Waals surface area contributed by atoms with Crippen LogP contribution in [-0.4, -0.2) is 5.30 Å². The molecule has 6 heteroatoms. The zero-order chi connectivity index (χ0) is 15.7. The second-order valence-corrected chi connectivity index (χ2v) is 5.94. The van der Waals surface area contributed by atoms with Crippen molar-refractivity contribution in [3.63, 3.8) is 0 Å². The number of rotatable bonds is 2. The third-order valence-corrected chi connectivity index (χ3v) is 4.45. The molecule has 0 unspecified atom stereocenters. The summed E-state index contributed by atoms with van der Waals surface area (Å²) >= 11 is 0.993. The quantitative estimate of drug-likeness (QED) is 0.695. The summed E-state index contributed by atoms with van der Waals surface area (Å²) in [6.07, 6.45) is -5.14. The molecule has 2 aromatic carbocycles. The zero-order valence-electron chi connectivity index (χ0n) is 11.2. The Morgan fingerprint density at radius 1 is 0.955 bits per heavy atom. The van der Waals surface area contributed by atoms with Crippen molar-refractivity contribution < 1.29 is 22.7 Å². The molecule has 0 aromatic heterocycles. The van der Waals surface area contributed by atoms with Crippen molar-refractivity contribution >= 4 is 17.1 Å². The average Bonchev–Trinajstić information content (AvgIpc) is 2.89. The van der Waals surface area contributed by atoms with Gasteiger partial charge >= 0.3 is 11.5 Å². The van der Waals surface area contributed by atoms with E-state index in [-0.39, 0.29) is 5.25 Å². The van der Waals surface area contributed by atoms with E-state index < -0.39 is 23.1 Å². The Hall–Kier alpha value is -1.95. The van der Waals surface area contributed by atoms with Crippen LogP contribution in [0.3, 0.4) is 0 Å². The van der Waals surface area contributed by atoms with Crippen LogP contribution in [0.5, 0.6) is 0 Å². The maximum atomic E-state index is 12.8. The minimum Gasteiger partial charge on any atom is -0.448 e. The first-order valence-corrected chi connectivity index (χ1v) is 7.42. The van der Waals surface area contributed by atoms with Crippen molar-refractivity contribution in [3.8, 4) is 0 Å². The number of ether oxygens (including phenoxy) is 1. The maximum Gasteiger partial charge on any atom is 0.416 e. The summed E-state index contributed by atoms with van der Waals surface area (Å²) in [7, 11) is 0. The lowest BCUT2D eigenvalue weighted by atomic mass is 9.99. The molecular formula is C16H11F3O2S. The first kappa shape index (κ1) is 15.0. The highest BCUT2D eigenvalue weighted by Crippen LogP contribution is 2.49. The number of carbonyl (C=O) groups excluding carboxylic acids is 1. The molecule has 0 radical (unpaired) electrons. The molecule has 1 aliphatic heterocycles. The summed E-state index contributed by atoms with van der Waals surface area (Å²) in [5, 5.41) is -0.826. The van der Waals surface area contributed by atoms with Crippen molar-refractivity contribution in [2.75, 3.05) is 0 Å². The van der Waals surface area contributed by atoms with E-state index in [0.717, 1.165) is 29.5 Å². The standard InChI is InChI=1S/C16H11F3O2S/c17-16(18,19)12-8-4-7-11(9-12)13-14(22-15(20)21-13)10-5-2-1-3-6-10/h1-9,13-14H/t13-,14-/m0/s1. The van der Waals surface area contributed by atoms with E-state index in [1.165, 1.54) is 6.07 Å². The molecule has 2 atom stereocenters. The van der Waals surface area contributed by atoms with Crippen LogP contribution in [0.25, 0.3) is 0 Å². The molecule has 2 aromatic rings. The van der Waals surface area contributed by atoms with Crippen LogP contribution >= 0.6 is 11.8 Å². The number of cyclic esters (lactones) is 1. The fourth-order valence-electron chi connectivity index (χ4n) is 2.38. The van der Waals surface area contributed by atoms with Crippen LogP contribution in [0, 0.1) is 0 Å². The molecule has 0 aliphatic carbocycles. The Morgan fingerprint density at radius 3 is 2.32 bits per heavy atom. The van der Waals surface area contributed by atoms with Crippen LogP contribution in [0.15, 0.2) is 54.6 Å². The summed E-state index contributed by atoms with van der Waals surface area (Å²) in [5.74, 6) is 0. The van der Waals surface area contributed by atoms with Gasteiger partial charge in [0.2, 0.25) is 0 Å². The maximum absolute atomic E-state index is 12.8. The molecule has 0 N–H and O–H groups in total. The fourth-order valence-corrected chi connectivity index (χ4v) is 3.38. The molecule has 22 heavy (non-hydrogen) atoms. The smallest absolute Gasteiger partial charge is 0.416 e. The zero-order valence-corrected chi connectivity index (χ0v) is 12.0. The molecular weight excluding hydrogens is 313 g/mol. The Kier molecular flexibility index (Phi) is 3.87. The monoisotopic (exact) mass is 324 g/mol. The molecule has 0 saturated carbocycles. The molecule has 0 amide bonds. The van der Waals surface area contributed by atoms with E-state index in [4.69, 9.17) is 4.74 Å². The highest BCUT2D eigenvalue weighted by molar-refractivity contribution is 8.13. The van der Waals surface area contributed by atoms with E-state index >= 15 is 0 Å². The lowest BCUT2D eigenvalue weighted by molar-refractivity contribution is -0.137. The predicted octanol–water partition coefficient (Wildman–Crippen LogP) is 5.37. The van der Waals surface area contributed by atoms with Gasteiger partial charge in [-0.25, -0.2) is 4.79 Å². The molecule has 1 heterocycles. The number of thioether (sulfide) groups is 1. The number of halogens is 3. The lowest BCUT2D eigenvalue weighted by Crippen LogP contribution is -2.09. The van der Waals surface area contributed by atoms with Gasteiger partial charge in [-0.3, -0.25) is 0 Å². The molecule has 114 valence electrons. The normalized spacial score (nSPS) is 21.7. The molecule has 0 spiro atoms. The molecule has 1 aliphatic rings. The van der Waals surface area contributed by atoms with Gasteiger partial charge in [0.25, 0.3) is 0 Å². The van der Waals surface area contributed by atoms with Crippen LogP contribution < -0.4 is 0 Å². The van der Waals surface area contributed by atoms with Crippen molar-refractivity contribution in [3.05, 3.63) is 71.3 Å². The number of benzene rings is 2. The first-order valence-electron chi connectivity index (χ1n) is 6.54. The van der Waals surface area contributed by atoms with Crippen LogP contribution in [-0.2, 0) is 10.9 Å². The van der Waals surface area contributed by atoms with Gasteiger partial charge in [-0.2, -0.15) is 13.2 Å². The van der Waals surface area contributed by atoms with Gasteiger partial charge in [-0.15, -0.1) is 0 Å². The summed E-state index contributed by atoms with van der Waals surface area (Å²) in [4.78, 5) is 11.6. The highest BCUT2D eigenvalue weighted by atomic mass is 32.2. The second kappa shape index (κ2) is 5.68. The van der Waals surface area contributed by atoms with E-state index in [0.29, 0.717) is 5.56 Å². The Morgan fingerprint density at radius 2 is 1.64 bits per heavy atom. The van der Waals surface area contributed by atoms with Crippen LogP contribution in [0.2, 0.25) is 0 Å². The number of hydrogen-bond acceptors (Lipinski definition) is 3. The van der Waals surface area contributed by atoms with E-state index in [9.17, 15) is 18.0 Å². The fraction of sp³-hybridized carbons (Fsp3) is 0.188. The summed E-state index contributed by atoms with van der Waals surface area (Å²) in [5.41, 5.74) is 0.451. The molecule has 3 rings (SSSR count). The first-order chi connectivity index (χ1) is 10.4. The van der Waals surface area contributed by atoms with Crippen molar-refractivity contribution in [2.24, 2.45) is 0 Å². The number of carbonyl (C=O) groups is 1. The van der Waals surface area contributed by atoms with Gasteiger partial charge in [0.1, 0.15) is 6.10 Å². The third kappa shape index (κ3) is 2.97. The topological polar surface area (TPSA) is 26.3 Å². The number of hydrogen-bond donors (Lipinski definition) is 0. The Bertz CT molecular complexity index is 685. The largest absolute Gasteiger partial charge is 0.448 e. The molecule has 0 bridgehead atoms. The van der Waals surface area contributed by atoms with Crippen molar-refractivity contribution in [2.45, 2.75) is 17.5 Å². The molecule has 1 saturated heterocycles. The van der Waals surface area contributed by atoms with Gasteiger partial charge in [0.05, 0.1) is 10.8 Å². The second-order valence-electron chi connectivity index (χ2n) is 4.86. The Balaban J connectivity index is 1.97. The number of alkyl halides is 3. The summed E-state index contributed by atoms with van der Waals surface area (Å²) in [6.45, 7) is 0. The lowest BCUT2D eigenvalue weighted by Gasteiger charge is -2.18. The van der Waals surface area contributed by atoms with Gasteiger partial charge in [-0.05, 0) is 35.0 Å². The van der Waals surface area contributed by atoms with Crippen LogP contribution in [0.4, 0.5) is 18.0 Å². The molecule has 2 nitrogen and oxygen atoms in total. The van der Waals surface area contributed by atoms with E-state index in [2.05, 4.69) is 0 Å². The van der Waals surface area contributed by atoms with Gasteiger partial charge in [0.15, 0.2) is 0 Å². The van der Waals surface area contributed by atoms with Crippen molar-refractivity contribution in [1.29, 1.82) is 0 Å². The summed E-state index contributed by atoms with van der Waals surface area (Å²) < 4.78 is 43.8. The van der Waals surface area contributed by atoms with Crippen molar-refractivity contribution in [1.82, 2.24) is 0 Å². The van der Waals surface area contributed by atoms with E-state index in [1.54, 1.807) is 6.07 Å². The highest BCUT2D eigenvalue weighted by Gasteiger charge is 2.39. The third-order valence-electron chi connectivity index (χ3n) is 3.39. The van der Waals surface area contributed by atoms with Crippen LogP contribution in [0.1, 0.15) is 28.0 Å². The SMILES string of the molecule is O=C1O[C@@H](c2cccc(C(F)(F)F)c2)[C@H](c2ccccc2)S1. The van der Waals surface area contributed by atoms with Gasteiger partial charge in [0, 0.05) is 0 Å². The average molecular weight is 324 g/mol. The minimum atomic E-state index is -4.42.